The number of nitrogens with zero attached hydrogens (tertiary/aromatic N) is 3. The number of carbonyl (C=O) groups is 1. The molecule has 10 heteroatoms. The highest BCUT2D eigenvalue weighted by molar-refractivity contribution is 6.36. The number of anilines is 2. The van der Waals surface area contributed by atoms with Crippen LogP contribution < -0.4 is 14.5 Å². The van der Waals surface area contributed by atoms with E-state index >= 15 is 0 Å². The van der Waals surface area contributed by atoms with Crippen molar-refractivity contribution in [1.82, 2.24) is 4.90 Å². The molecule has 2 saturated heterocycles. The van der Waals surface area contributed by atoms with Crippen LogP contribution in [0.5, 0.6) is 5.75 Å². The zero-order chi connectivity index (χ0) is 23.5. The quantitative estimate of drug-likeness (QED) is 0.628. The van der Waals surface area contributed by atoms with E-state index in [2.05, 4.69) is 4.90 Å². The average Bonchev–Trinajstić information content (AvgIpc) is 2.77. The molecule has 2 heterocycles. The summed E-state index contributed by atoms with van der Waals surface area (Å²) < 4.78 is 37.9. The van der Waals surface area contributed by atoms with E-state index in [4.69, 9.17) is 21.1 Å². The van der Waals surface area contributed by atoms with Gasteiger partial charge in [0.1, 0.15) is 5.75 Å². The van der Waals surface area contributed by atoms with E-state index < -0.39 is 12.5 Å². The van der Waals surface area contributed by atoms with Crippen molar-refractivity contribution >= 4 is 29.1 Å². The zero-order valence-electron chi connectivity index (χ0n) is 18.2. The first kappa shape index (κ1) is 23.5. The van der Waals surface area contributed by atoms with Gasteiger partial charge in [-0.2, -0.15) is 0 Å². The van der Waals surface area contributed by atoms with Gasteiger partial charge in [-0.3, -0.25) is 9.80 Å². The molecule has 0 radical (unpaired) electrons. The normalized spacial score (nSPS) is 17.2. The van der Waals surface area contributed by atoms with Crippen LogP contribution in [0.25, 0.3) is 0 Å². The van der Waals surface area contributed by atoms with Crippen LogP contribution in [0.3, 0.4) is 0 Å². The number of hydrogen-bond donors (Lipinski definition) is 1. The highest BCUT2D eigenvalue weighted by Gasteiger charge is 2.31. The Morgan fingerprint density at radius 3 is 2.39 bits per heavy atom. The van der Waals surface area contributed by atoms with Crippen molar-refractivity contribution in [2.24, 2.45) is 0 Å². The fraction of sp³-hybridized carbons (Fsp3) is 0.435. The van der Waals surface area contributed by atoms with Gasteiger partial charge >= 0.3 is 6.09 Å². The van der Waals surface area contributed by atoms with E-state index in [0.29, 0.717) is 49.3 Å². The number of hydrogen-bond acceptors (Lipinski definition) is 5. The van der Waals surface area contributed by atoms with Gasteiger partial charge in [0.2, 0.25) is 0 Å². The number of carboxylic acid groups (broad SMARTS) is 1. The number of piperazine rings is 1. The van der Waals surface area contributed by atoms with Crippen LogP contribution in [0.1, 0.15) is 17.6 Å². The summed E-state index contributed by atoms with van der Waals surface area (Å²) in [6, 6.07) is 9.81. The van der Waals surface area contributed by atoms with E-state index in [1.54, 1.807) is 24.3 Å². The van der Waals surface area contributed by atoms with Crippen LogP contribution in [0.15, 0.2) is 36.4 Å². The molecule has 0 aromatic heterocycles. The minimum absolute atomic E-state index is 0.0410. The number of halogens is 3. The van der Waals surface area contributed by atoms with Gasteiger partial charge in [0.25, 0.3) is 6.43 Å². The van der Waals surface area contributed by atoms with Crippen LogP contribution in [-0.4, -0.2) is 68.6 Å². The van der Waals surface area contributed by atoms with Crippen molar-refractivity contribution in [3.05, 3.63) is 52.5 Å². The molecule has 2 fully saturated rings. The first-order valence-electron chi connectivity index (χ1n) is 10.7. The fourth-order valence-corrected chi connectivity index (χ4v) is 4.43. The Morgan fingerprint density at radius 1 is 1.21 bits per heavy atom. The van der Waals surface area contributed by atoms with Gasteiger partial charge in [-0.05, 0) is 29.8 Å². The van der Waals surface area contributed by atoms with E-state index in [0.717, 1.165) is 24.1 Å². The SMILES string of the molecule is COc1ccc(CN(C(=O)O)c2cc(C(F)F)cc(N3CCN(C4COC4)CC3)c2Cl)cc1. The summed E-state index contributed by atoms with van der Waals surface area (Å²) in [5, 5.41) is 10.0. The van der Waals surface area contributed by atoms with E-state index in [9.17, 15) is 18.7 Å². The van der Waals surface area contributed by atoms with Crippen LogP contribution in [0, 0.1) is 0 Å². The molecule has 4 rings (SSSR count). The molecule has 2 aliphatic heterocycles. The maximum atomic E-state index is 13.8. The predicted molar refractivity (Wildman–Crippen MR) is 122 cm³/mol. The fourth-order valence-electron chi connectivity index (χ4n) is 4.10. The van der Waals surface area contributed by atoms with Crippen LogP contribution in [-0.2, 0) is 11.3 Å². The second kappa shape index (κ2) is 10.1. The molecule has 0 unspecified atom stereocenters. The van der Waals surface area contributed by atoms with Crippen molar-refractivity contribution in [1.29, 1.82) is 0 Å². The topological polar surface area (TPSA) is 65.5 Å². The molecule has 0 atom stereocenters. The highest BCUT2D eigenvalue weighted by Crippen LogP contribution is 2.40. The molecule has 1 N–H and O–H groups in total. The summed E-state index contributed by atoms with van der Waals surface area (Å²) in [6.45, 7) is 4.11. The maximum Gasteiger partial charge on any atom is 0.412 e. The third kappa shape index (κ3) is 5.15. The lowest BCUT2D eigenvalue weighted by Crippen LogP contribution is -2.56. The third-order valence-electron chi connectivity index (χ3n) is 6.12. The van der Waals surface area contributed by atoms with Gasteiger partial charge < -0.3 is 19.5 Å². The smallest absolute Gasteiger partial charge is 0.412 e. The van der Waals surface area contributed by atoms with Crippen LogP contribution in [0.4, 0.5) is 25.0 Å². The molecular formula is C23H26ClF2N3O4. The second-order valence-corrected chi connectivity index (χ2v) is 8.48. The number of amides is 1. The standard InChI is InChI=1S/C23H26ClF2N3O4/c1-32-18-4-2-15(3-5-18)12-29(23(30)31)20-11-16(22(25)26)10-19(21(20)24)28-8-6-27(7-9-28)17-13-33-14-17/h2-5,10-11,17,22H,6-9,12-14H2,1H3,(H,30,31). The summed E-state index contributed by atoms with van der Waals surface area (Å²) in [5.74, 6) is 0.633. The first-order valence-corrected chi connectivity index (χ1v) is 11.1. The van der Waals surface area contributed by atoms with Gasteiger partial charge in [-0.15, -0.1) is 0 Å². The van der Waals surface area contributed by atoms with Crippen molar-refractivity contribution in [3.8, 4) is 5.75 Å². The summed E-state index contributed by atoms with van der Waals surface area (Å²) in [6.07, 6.45) is -4.04. The predicted octanol–water partition coefficient (Wildman–Crippen LogP) is 4.49. The summed E-state index contributed by atoms with van der Waals surface area (Å²) >= 11 is 6.66. The van der Waals surface area contributed by atoms with Crippen molar-refractivity contribution in [2.45, 2.75) is 19.0 Å². The lowest BCUT2D eigenvalue weighted by Gasteiger charge is -2.43. The molecule has 0 bridgehead atoms. The second-order valence-electron chi connectivity index (χ2n) is 8.10. The number of benzene rings is 2. The Kier molecular flexibility index (Phi) is 7.21. The Labute approximate surface area is 196 Å². The van der Waals surface area contributed by atoms with Crippen LogP contribution >= 0.6 is 11.6 Å². The molecular weight excluding hydrogens is 456 g/mol. The third-order valence-corrected chi connectivity index (χ3v) is 6.51. The minimum Gasteiger partial charge on any atom is -0.497 e. The van der Waals surface area contributed by atoms with Crippen molar-refractivity contribution < 1.29 is 28.2 Å². The molecule has 2 aromatic rings. The highest BCUT2D eigenvalue weighted by atomic mass is 35.5. The van der Waals surface area contributed by atoms with E-state index in [1.165, 1.54) is 13.2 Å². The molecule has 0 spiro atoms. The Bertz CT molecular complexity index is 980. The molecule has 2 aliphatic rings. The Morgan fingerprint density at radius 2 is 1.88 bits per heavy atom. The van der Waals surface area contributed by atoms with E-state index in [1.807, 2.05) is 4.90 Å². The lowest BCUT2D eigenvalue weighted by atomic mass is 10.1. The van der Waals surface area contributed by atoms with Crippen molar-refractivity contribution in [3.63, 3.8) is 0 Å². The number of ether oxygens (including phenoxy) is 2. The average molecular weight is 482 g/mol. The first-order chi connectivity index (χ1) is 15.9. The molecule has 1 amide bonds. The maximum absolute atomic E-state index is 13.8. The largest absolute Gasteiger partial charge is 0.497 e. The molecule has 2 aromatic carbocycles. The molecule has 33 heavy (non-hydrogen) atoms. The Balaban J connectivity index is 1.62. The van der Waals surface area contributed by atoms with E-state index in [-0.39, 0.29) is 22.8 Å². The van der Waals surface area contributed by atoms with Gasteiger partial charge in [-0.25, -0.2) is 13.6 Å². The molecule has 0 aliphatic carbocycles. The van der Waals surface area contributed by atoms with Gasteiger partial charge in [0, 0.05) is 31.7 Å². The van der Waals surface area contributed by atoms with Crippen LogP contribution in [0.2, 0.25) is 5.02 Å². The molecule has 0 saturated carbocycles. The van der Waals surface area contributed by atoms with Gasteiger partial charge in [-0.1, -0.05) is 23.7 Å². The van der Waals surface area contributed by atoms with Gasteiger partial charge in [0.15, 0.2) is 0 Å². The molecule has 178 valence electrons. The number of methoxy groups -OCH3 is 1. The summed E-state index contributed by atoms with van der Waals surface area (Å²) in [7, 11) is 1.54. The number of rotatable bonds is 7. The van der Waals surface area contributed by atoms with Crippen molar-refractivity contribution in [2.75, 3.05) is 56.3 Å². The summed E-state index contributed by atoms with van der Waals surface area (Å²) in [4.78, 5) is 17.4. The van der Waals surface area contributed by atoms with Gasteiger partial charge in [0.05, 0.1) is 49.3 Å². The molecule has 7 nitrogen and oxygen atoms in total. The summed E-state index contributed by atoms with van der Waals surface area (Å²) in [5.41, 5.74) is 0.882. The Hall–Kier alpha value is -2.62. The number of alkyl halides is 2. The monoisotopic (exact) mass is 481 g/mol. The minimum atomic E-state index is -2.76. The zero-order valence-corrected chi connectivity index (χ0v) is 19.0. The lowest BCUT2D eigenvalue weighted by molar-refractivity contribution is -0.0660.